The summed E-state index contributed by atoms with van der Waals surface area (Å²) in [5.41, 5.74) is 1.38. The maximum Gasteiger partial charge on any atom is 0.218 e. The van der Waals surface area contributed by atoms with Crippen LogP contribution in [0.25, 0.3) is 0 Å². The number of sulfonamides is 1. The lowest BCUT2D eigenvalue weighted by molar-refractivity contribution is 0.378. The van der Waals surface area contributed by atoms with Gasteiger partial charge in [-0.1, -0.05) is 35.5 Å². The Morgan fingerprint density at radius 3 is 2.53 bits per heavy atom. The van der Waals surface area contributed by atoms with Crippen molar-refractivity contribution in [3.8, 4) is 0 Å². The van der Waals surface area contributed by atoms with Crippen molar-refractivity contribution < 1.29 is 12.9 Å². The van der Waals surface area contributed by atoms with Crippen LogP contribution in [-0.2, 0) is 22.3 Å². The molecular formula is C13H16N2O3S. The molecule has 2 rings (SSSR count). The summed E-state index contributed by atoms with van der Waals surface area (Å²) >= 11 is 0. The molecule has 0 unspecified atom stereocenters. The summed E-state index contributed by atoms with van der Waals surface area (Å²) < 4.78 is 30.6. The largest absolute Gasteiger partial charge is 0.361 e. The first-order valence-electron chi connectivity index (χ1n) is 5.87. The van der Waals surface area contributed by atoms with Gasteiger partial charge in [-0.2, -0.15) is 4.31 Å². The highest BCUT2D eigenvalue weighted by Gasteiger charge is 2.19. The van der Waals surface area contributed by atoms with Crippen molar-refractivity contribution >= 4 is 10.0 Å². The average Bonchev–Trinajstić information content (AvgIpc) is 2.75. The Balaban J connectivity index is 2.07. The van der Waals surface area contributed by atoms with Crippen LogP contribution < -0.4 is 0 Å². The van der Waals surface area contributed by atoms with E-state index in [0.717, 1.165) is 5.56 Å². The second-order valence-electron chi connectivity index (χ2n) is 4.43. The van der Waals surface area contributed by atoms with E-state index in [1.807, 2.05) is 18.2 Å². The van der Waals surface area contributed by atoms with Crippen molar-refractivity contribution in [3.05, 3.63) is 53.4 Å². The van der Waals surface area contributed by atoms with E-state index in [9.17, 15) is 8.42 Å². The van der Waals surface area contributed by atoms with Crippen LogP contribution in [0.5, 0.6) is 0 Å². The molecule has 19 heavy (non-hydrogen) atoms. The molecule has 2 aromatic rings. The van der Waals surface area contributed by atoms with Crippen LogP contribution in [0.3, 0.4) is 0 Å². The van der Waals surface area contributed by atoms with Gasteiger partial charge in [0.05, 0.1) is 18.0 Å². The second kappa shape index (κ2) is 5.54. The van der Waals surface area contributed by atoms with E-state index in [1.54, 1.807) is 32.2 Å². The third kappa shape index (κ3) is 3.65. The summed E-state index contributed by atoms with van der Waals surface area (Å²) in [7, 11) is -1.81. The molecule has 1 heterocycles. The number of rotatable bonds is 5. The molecule has 5 nitrogen and oxygen atoms in total. The molecule has 0 radical (unpaired) electrons. The maximum atomic E-state index is 12.2. The van der Waals surface area contributed by atoms with E-state index >= 15 is 0 Å². The summed E-state index contributed by atoms with van der Waals surface area (Å²) in [6.07, 6.45) is 0. The van der Waals surface area contributed by atoms with E-state index in [4.69, 9.17) is 4.52 Å². The van der Waals surface area contributed by atoms with Crippen LogP contribution in [0, 0.1) is 6.92 Å². The molecule has 0 aliphatic carbocycles. The Labute approximate surface area is 112 Å². The lowest BCUT2D eigenvalue weighted by Gasteiger charge is -2.15. The maximum absolute atomic E-state index is 12.2. The summed E-state index contributed by atoms with van der Waals surface area (Å²) in [5.74, 6) is 0.658. The molecule has 1 aromatic heterocycles. The smallest absolute Gasteiger partial charge is 0.218 e. The Morgan fingerprint density at radius 1 is 1.26 bits per heavy atom. The van der Waals surface area contributed by atoms with Crippen molar-refractivity contribution in [3.63, 3.8) is 0 Å². The third-order valence-electron chi connectivity index (χ3n) is 2.73. The molecule has 0 aliphatic rings. The Kier molecular flexibility index (Phi) is 4.01. The van der Waals surface area contributed by atoms with Gasteiger partial charge in [-0.3, -0.25) is 0 Å². The number of nitrogens with zero attached hydrogens (tertiary/aromatic N) is 2. The summed E-state index contributed by atoms with van der Waals surface area (Å²) in [5, 5.41) is 3.80. The van der Waals surface area contributed by atoms with Crippen LogP contribution in [-0.4, -0.2) is 24.9 Å². The van der Waals surface area contributed by atoms with E-state index in [-0.39, 0.29) is 12.3 Å². The number of aryl methyl sites for hydroxylation is 1. The molecule has 1 aromatic carbocycles. The highest BCUT2D eigenvalue weighted by Crippen LogP contribution is 2.12. The van der Waals surface area contributed by atoms with Gasteiger partial charge in [-0.05, 0) is 12.5 Å². The molecule has 0 saturated carbocycles. The summed E-state index contributed by atoms with van der Waals surface area (Å²) in [6, 6.07) is 10.8. The predicted octanol–water partition coefficient (Wildman–Crippen LogP) is 1.94. The van der Waals surface area contributed by atoms with Gasteiger partial charge in [0.2, 0.25) is 10.0 Å². The fourth-order valence-electron chi connectivity index (χ4n) is 1.71. The summed E-state index contributed by atoms with van der Waals surface area (Å²) in [4.78, 5) is 0. The standard InChI is InChI=1S/C13H16N2O3S/c1-11-8-13(14-18-11)9-15(2)19(16,17)10-12-6-4-3-5-7-12/h3-8H,9-10H2,1-2H3. The van der Waals surface area contributed by atoms with Gasteiger partial charge in [-0.15, -0.1) is 0 Å². The van der Waals surface area contributed by atoms with E-state index in [2.05, 4.69) is 5.16 Å². The Morgan fingerprint density at radius 2 is 1.95 bits per heavy atom. The van der Waals surface area contributed by atoms with Crippen molar-refractivity contribution in [1.82, 2.24) is 9.46 Å². The van der Waals surface area contributed by atoms with E-state index < -0.39 is 10.0 Å². The van der Waals surface area contributed by atoms with Crippen molar-refractivity contribution in [1.29, 1.82) is 0 Å². The zero-order chi connectivity index (χ0) is 13.9. The highest BCUT2D eigenvalue weighted by atomic mass is 32.2. The first-order valence-corrected chi connectivity index (χ1v) is 7.48. The lowest BCUT2D eigenvalue weighted by Crippen LogP contribution is -2.27. The zero-order valence-corrected chi connectivity index (χ0v) is 11.7. The van der Waals surface area contributed by atoms with Crippen LogP contribution >= 0.6 is 0 Å². The minimum Gasteiger partial charge on any atom is -0.361 e. The van der Waals surface area contributed by atoms with Gasteiger partial charge in [0, 0.05) is 13.1 Å². The van der Waals surface area contributed by atoms with E-state index in [0.29, 0.717) is 11.5 Å². The SMILES string of the molecule is Cc1cc(CN(C)S(=O)(=O)Cc2ccccc2)no1. The predicted molar refractivity (Wildman–Crippen MR) is 71.8 cm³/mol. The second-order valence-corrected chi connectivity index (χ2v) is 6.50. The number of hydrogen-bond donors (Lipinski definition) is 0. The molecule has 0 saturated heterocycles. The van der Waals surface area contributed by atoms with Crippen LogP contribution in [0.1, 0.15) is 17.0 Å². The minimum atomic E-state index is -3.35. The first-order chi connectivity index (χ1) is 8.97. The molecule has 102 valence electrons. The average molecular weight is 280 g/mol. The quantitative estimate of drug-likeness (QED) is 0.839. The Hall–Kier alpha value is -1.66. The number of benzene rings is 1. The summed E-state index contributed by atoms with van der Waals surface area (Å²) in [6.45, 7) is 1.99. The molecule has 0 N–H and O–H groups in total. The van der Waals surface area contributed by atoms with Crippen molar-refractivity contribution in [2.45, 2.75) is 19.2 Å². The van der Waals surface area contributed by atoms with Crippen LogP contribution in [0.4, 0.5) is 0 Å². The first kappa shape index (κ1) is 13.8. The number of aromatic nitrogens is 1. The lowest BCUT2D eigenvalue weighted by atomic mass is 10.2. The van der Waals surface area contributed by atoms with Crippen LogP contribution in [0.2, 0.25) is 0 Å². The highest BCUT2D eigenvalue weighted by molar-refractivity contribution is 7.88. The molecule has 0 atom stereocenters. The van der Waals surface area contributed by atoms with Gasteiger partial charge < -0.3 is 4.52 Å². The van der Waals surface area contributed by atoms with E-state index in [1.165, 1.54) is 4.31 Å². The van der Waals surface area contributed by atoms with Gasteiger partial charge >= 0.3 is 0 Å². The van der Waals surface area contributed by atoms with Gasteiger partial charge in [0.25, 0.3) is 0 Å². The van der Waals surface area contributed by atoms with Crippen molar-refractivity contribution in [2.75, 3.05) is 7.05 Å². The molecule has 0 amide bonds. The number of hydrogen-bond acceptors (Lipinski definition) is 4. The molecule has 0 aliphatic heterocycles. The van der Waals surface area contributed by atoms with Gasteiger partial charge in [0.15, 0.2) is 0 Å². The molecular weight excluding hydrogens is 264 g/mol. The van der Waals surface area contributed by atoms with Gasteiger partial charge in [0.1, 0.15) is 5.76 Å². The zero-order valence-electron chi connectivity index (χ0n) is 10.9. The fraction of sp³-hybridized carbons (Fsp3) is 0.308. The van der Waals surface area contributed by atoms with Crippen LogP contribution in [0.15, 0.2) is 40.9 Å². The third-order valence-corrected chi connectivity index (χ3v) is 4.51. The molecule has 0 spiro atoms. The molecule has 6 heteroatoms. The Bertz CT molecular complexity index is 635. The fourth-order valence-corrected chi connectivity index (χ4v) is 2.88. The minimum absolute atomic E-state index is 0.0127. The topological polar surface area (TPSA) is 63.4 Å². The molecule has 0 fully saturated rings. The molecule has 0 bridgehead atoms. The monoisotopic (exact) mass is 280 g/mol. The van der Waals surface area contributed by atoms with Gasteiger partial charge in [-0.25, -0.2) is 8.42 Å². The van der Waals surface area contributed by atoms with Crippen molar-refractivity contribution in [2.24, 2.45) is 0 Å². The normalized spacial score (nSPS) is 11.9.